The maximum absolute atomic E-state index is 11.8. The maximum Gasteiger partial charge on any atom is 0.336 e. The number of rotatable bonds is 4. The highest BCUT2D eigenvalue weighted by molar-refractivity contribution is 9.10. The van der Waals surface area contributed by atoms with Crippen molar-refractivity contribution >= 4 is 37.8 Å². The van der Waals surface area contributed by atoms with Gasteiger partial charge in [0.1, 0.15) is 0 Å². The van der Waals surface area contributed by atoms with Crippen molar-refractivity contribution < 1.29 is 18.3 Å². The van der Waals surface area contributed by atoms with Crippen molar-refractivity contribution in [1.82, 2.24) is 4.72 Å². The molecule has 0 aliphatic carbocycles. The molecule has 0 atom stereocenters. The fourth-order valence-corrected chi connectivity index (χ4v) is 3.05. The van der Waals surface area contributed by atoms with Crippen LogP contribution in [0.5, 0.6) is 0 Å². The number of carbonyl (C=O) groups is 1. The predicted molar refractivity (Wildman–Crippen MR) is 76.5 cm³/mol. The predicted octanol–water partition coefficient (Wildman–Crippen LogP) is 2.19. The van der Waals surface area contributed by atoms with Crippen LogP contribution in [0.3, 0.4) is 0 Å². The molecule has 1 rings (SSSR count). The molecule has 1 aromatic carbocycles. The molecular formula is C11H15BrN2O4S. The van der Waals surface area contributed by atoms with E-state index in [4.69, 9.17) is 5.11 Å². The van der Waals surface area contributed by atoms with Crippen LogP contribution in [0.1, 0.15) is 31.1 Å². The lowest BCUT2D eigenvalue weighted by molar-refractivity contribution is 0.0696. The van der Waals surface area contributed by atoms with Gasteiger partial charge in [0.05, 0.1) is 11.3 Å². The van der Waals surface area contributed by atoms with Crippen LogP contribution in [0.2, 0.25) is 0 Å². The zero-order chi connectivity index (χ0) is 14.8. The molecule has 0 bridgehead atoms. The average Bonchev–Trinajstić information content (AvgIpc) is 2.16. The first-order valence-electron chi connectivity index (χ1n) is 5.35. The average molecular weight is 351 g/mol. The highest BCUT2D eigenvalue weighted by Crippen LogP contribution is 2.21. The van der Waals surface area contributed by atoms with Crippen LogP contribution in [0.15, 0.2) is 22.7 Å². The van der Waals surface area contributed by atoms with E-state index in [0.717, 1.165) is 0 Å². The summed E-state index contributed by atoms with van der Waals surface area (Å²) in [5.74, 6) is -1.14. The lowest BCUT2D eigenvalue weighted by atomic mass is 10.1. The standard InChI is InChI=1S/C11H15BrN2O4S/c1-11(2,3)14-19(17,18)13-7-4-5-9(12)8(6-7)10(15)16/h4-6,13-14H,1-3H3,(H,15,16). The van der Waals surface area contributed by atoms with Crippen molar-refractivity contribution in [1.29, 1.82) is 0 Å². The molecule has 0 heterocycles. The number of carboxylic acid groups (broad SMARTS) is 1. The fraction of sp³-hybridized carbons (Fsp3) is 0.364. The molecule has 0 aliphatic heterocycles. The van der Waals surface area contributed by atoms with E-state index in [1.807, 2.05) is 0 Å². The molecule has 0 amide bonds. The van der Waals surface area contributed by atoms with Gasteiger partial charge >= 0.3 is 5.97 Å². The summed E-state index contributed by atoms with van der Waals surface area (Å²) in [5, 5.41) is 8.95. The Bertz CT molecular complexity index is 593. The van der Waals surface area contributed by atoms with Gasteiger partial charge in [0, 0.05) is 10.0 Å². The molecule has 0 aliphatic rings. The van der Waals surface area contributed by atoms with Crippen molar-refractivity contribution in [2.75, 3.05) is 4.72 Å². The topological polar surface area (TPSA) is 95.5 Å². The lowest BCUT2D eigenvalue weighted by Gasteiger charge is -2.21. The van der Waals surface area contributed by atoms with Crippen molar-refractivity contribution in [2.45, 2.75) is 26.3 Å². The Morgan fingerprint density at radius 1 is 1.32 bits per heavy atom. The molecule has 0 unspecified atom stereocenters. The van der Waals surface area contributed by atoms with Crippen LogP contribution in [0, 0.1) is 0 Å². The van der Waals surface area contributed by atoms with E-state index < -0.39 is 21.7 Å². The number of anilines is 1. The summed E-state index contributed by atoms with van der Waals surface area (Å²) in [6.45, 7) is 5.11. The first-order valence-corrected chi connectivity index (χ1v) is 7.62. The van der Waals surface area contributed by atoms with Gasteiger partial charge in [0.25, 0.3) is 10.2 Å². The SMILES string of the molecule is CC(C)(C)NS(=O)(=O)Nc1ccc(Br)c(C(=O)O)c1. The smallest absolute Gasteiger partial charge is 0.336 e. The van der Waals surface area contributed by atoms with Crippen LogP contribution in [-0.4, -0.2) is 25.0 Å². The first kappa shape index (κ1) is 15.9. The second-order valence-corrected chi connectivity index (χ2v) is 7.23. The van der Waals surface area contributed by atoms with Gasteiger partial charge in [-0.2, -0.15) is 13.1 Å². The van der Waals surface area contributed by atoms with Crippen LogP contribution in [-0.2, 0) is 10.2 Å². The Balaban J connectivity index is 3.01. The molecular weight excluding hydrogens is 336 g/mol. The summed E-state index contributed by atoms with van der Waals surface area (Å²) < 4.78 is 28.7. The van der Waals surface area contributed by atoms with E-state index in [1.165, 1.54) is 18.2 Å². The zero-order valence-corrected chi connectivity index (χ0v) is 13.1. The number of hydrogen-bond acceptors (Lipinski definition) is 3. The maximum atomic E-state index is 11.8. The van der Waals surface area contributed by atoms with E-state index >= 15 is 0 Å². The van der Waals surface area contributed by atoms with E-state index in [1.54, 1.807) is 20.8 Å². The van der Waals surface area contributed by atoms with Crippen molar-refractivity contribution in [2.24, 2.45) is 0 Å². The molecule has 0 spiro atoms. The molecule has 6 nitrogen and oxygen atoms in total. The second-order valence-electron chi connectivity index (χ2n) is 4.96. The minimum absolute atomic E-state index is 0.0176. The molecule has 8 heteroatoms. The molecule has 106 valence electrons. The van der Waals surface area contributed by atoms with Gasteiger partial charge in [0.15, 0.2) is 0 Å². The van der Waals surface area contributed by atoms with Gasteiger partial charge < -0.3 is 5.11 Å². The largest absolute Gasteiger partial charge is 0.478 e. The Morgan fingerprint density at radius 2 is 1.89 bits per heavy atom. The molecule has 0 radical (unpaired) electrons. The third kappa shape index (κ3) is 5.17. The van der Waals surface area contributed by atoms with E-state index in [0.29, 0.717) is 4.47 Å². The molecule has 1 aromatic rings. The van der Waals surface area contributed by atoms with Crippen molar-refractivity contribution in [3.63, 3.8) is 0 Å². The molecule has 19 heavy (non-hydrogen) atoms. The van der Waals surface area contributed by atoms with Gasteiger partial charge in [0.2, 0.25) is 0 Å². The highest BCUT2D eigenvalue weighted by atomic mass is 79.9. The van der Waals surface area contributed by atoms with Gasteiger partial charge in [-0.25, -0.2) is 4.79 Å². The fourth-order valence-electron chi connectivity index (χ4n) is 1.34. The van der Waals surface area contributed by atoms with Gasteiger partial charge in [-0.3, -0.25) is 4.72 Å². The molecule has 3 N–H and O–H groups in total. The minimum atomic E-state index is -3.76. The summed E-state index contributed by atoms with van der Waals surface area (Å²) in [7, 11) is -3.76. The van der Waals surface area contributed by atoms with Crippen LogP contribution < -0.4 is 9.44 Å². The Morgan fingerprint density at radius 3 is 2.37 bits per heavy atom. The van der Waals surface area contributed by atoms with Crippen LogP contribution in [0.4, 0.5) is 5.69 Å². The van der Waals surface area contributed by atoms with Gasteiger partial charge in [-0.05, 0) is 54.9 Å². The number of hydrogen-bond donors (Lipinski definition) is 3. The van der Waals surface area contributed by atoms with E-state index in [2.05, 4.69) is 25.4 Å². The monoisotopic (exact) mass is 350 g/mol. The Labute approximate surface area is 120 Å². The van der Waals surface area contributed by atoms with Crippen LogP contribution in [0.25, 0.3) is 0 Å². The zero-order valence-electron chi connectivity index (χ0n) is 10.7. The quantitative estimate of drug-likeness (QED) is 0.775. The molecule has 0 saturated carbocycles. The normalized spacial score (nSPS) is 12.2. The van der Waals surface area contributed by atoms with Crippen LogP contribution >= 0.6 is 15.9 Å². The highest BCUT2D eigenvalue weighted by Gasteiger charge is 2.20. The Hall–Kier alpha value is -1.12. The number of halogens is 1. The number of benzene rings is 1. The van der Waals surface area contributed by atoms with E-state index in [9.17, 15) is 13.2 Å². The summed E-state index contributed by atoms with van der Waals surface area (Å²) in [4.78, 5) is 10.9. The summed E-state index contributed by atoms with van der Waals surface area (Å²) in [6.07, 6.45) is 0. The van der Waals surface area contributed by atoms with Crippen molar-refractivity contribution in [3.8, 4) is 0 Å². The third-order valence-corrected chi connectivity index (χ3v) is 3.97. The number of aromatic carboxylic acids is 1. The summed E-state index contributed by atoms with van der Waals surface area (Å²) in [6, 6.07) is 4.19. The Kier molecular flexibility index (Phi) is 4.59. The molecule has 0 fully saturated rings. The van der Waals surface area contributed by atoms with Gasteiger partial charge in [-0.1, -0.05) is 0 Å². The lowest BCUT2D eigenvalue weighted by Crippen LogP contribution is -2.43. The first-order chi connectivity index (χ1) is 8.50. The minimum Gasteiger partial charge on any atom is -0.478 e. The number of carboxylic acids is 1. The van der Waals surface area contributed by atoms with Gasteiger partial charge in [-0.15, -0.1) is 0 Å². The molecule has 0 aromatic heterocycles. The second kappa shape index (κ2) is 5.48. The summed E-state index contributed by atoms with van der Waals surface area (Å²) in [5.41, 5.74) is -0.468. The summed E-state index contributed by atoms with van der Waals surface area (Å²) >= 11 is 3.09. The number of nitrogens with one attached hydrogen (secondary N) is 2. The molecule has 0 saturated heterocycles. The third-order valence-electron chi connectivity index (χ3n) is 1.89. The van der Waals surface area contributed by atoms with Crippen molar-refractivity contribution in [3.05, 3.63) is 28.2 Å². The van der Waals surface area contributed by atoms with E-state index in [-0.39, 0.29) is 11.3 Å².